The lowest BCUT2D eigenvalue weighted by Crippen LogP contribution is -2.13. The molecule has 0 aliphatic rings. The maximum absolute atomic E-state index is 12.8. The van der Waals surface area contributed by atoms with Crippen LogP contribution in [0, 0.1) is 5.95 Å². The standard InChI is InChI=1S/C11H8FN3O/c12-9-7-8(4-6-13-9)11(16)15-10-3-1-2-5-14-10/h1-7H,(H,14,15,16). The van der Waals surface area contributed by atoms with Crippen molar-refractivity contribution >= 4 is 11.7 Å². The highest BCUT2D eigenvalue weighted by molar-refractivity contribution is 6.03. The molecule has 16 heavy (non-hydrogen) atoms. The Bertz CT molecular complexity index is 502. The molecule has 0 fully saturated rings. The zero-order chi connectivity index (χ0) is 11.4. The fourth-order valence-electron chi connectivity index (χ4n) is 1.17. The second-order valence-corrected chi connectivity index (χ2v) is 3.04. The third kappa shape index (κ3) is 2.38. The monoisotopic (exact) mass is 217 g/mol. The molecule has 0 aliphatic heterocycles. The highest BCUT2D eigenvalue weighted by atomic mass is 19.1. The summed E-state index contributed by atoms with van der Waals surface area (Å²) in [5.41, 5.74) is 0.207. The van der Waals surface area contributed by atoms with Gasteiger partial charge in [0.05, 0.1) is 0 Å². The van der Waals surface area contributed by atoms with Gasteiger partial charge < -0.3 is 5.32 Å². The van der Waals surface area contributed by atoms with Crippen LogP contribution in [0.5, 0.6) is 0 Å². The van der Waals surface area contributed by atoms with E-state index in [2.05, 4.69) is 15.3 Å². The molecule has 0 aromatic carbocycles. The minimum atomic E-state index is -0.686. The van der Waals surface area contributed by atoms with Crippen molar-refractivity contribution in [2.24, 2.45) is 0 Å². The van der Waals surface area contributed by atoms with Gasteiger partial charge in [-0.3, -0.25) is 4.79 Å². The first kappa shape index (κ1) is 10.2. The van der Waals surface area contributed by atoms with Gasteiger partial charge in [-0.05, 0) is 18.2 Å². The predicted molar refractivity (Wildman–Crippen MR) is 56.4 cm³/mol. The van der Waals surface area contributed by atoms with Crippen LogP contribution in [0.2, 0.25) is 0 Å². The van der Waals surface area contributed by atoms with Crippen LogP contribution >= 0.6 is 0 Å². The number of pyridine rings is 2. The third-order valence-electron chi connectivity index (χ3n) is 1.90. The van der Waals surface area contributed by atoms with Crippen LogP contribution < -0.4 is 5.32 Å². The molecule has 2 aromatic heterocycles. The zero-order valence-corrected chi connectivity index (χ0v) is 8.22. The minimum Gasteiger partial charge on any atom is -0.307 e. The second kappa shape index (κ2) is 4.48. The fourth-order valence-corrected chi connectivity index (χ4v) is 1.17. The topological polar surface area (TPSA) is 54.9 Å². The first-order chi connectivity index (χ1) is 7.75. The summed E-state index contributed by atoms with van der Waals surface area (Å²) in [7, 11) is 0. The summed E-state index contributed by atoms with van der Waals surface area (Å²) in [5.74, 6) is -0.682. The first-order valence-electron chi connectivity index (χ1n) is 4.59. The Hall–Kier alpha value is -2.30. The van der Waals surface area contributed by atoms with E-state index in [9.17, 15) is 9.18 Å². The molecule has 5 heteroatoms. The van der Waals surface area contributed by atoms with E-state index in [1.54, 1.807) is 24.4 Å². The van der Waals surface area contributed by atoms with Crippen molar-refractivity contribution in [3.63, 3.8) is 0 Å². The molecular formula is C11H8FN3O. The Kier molecular flexibility index (Phi) is 2.86. The van der Waals surface area contributed by atoms with Gasteiger partial charge in [-0.2, -0.15) is 4.39 Å². The van der Waals surface area contributed by atoms with Crippen molar-refractivity contribution in [2.75, 3.05) is 5.32 Å². The van der Waals surface area contributed by atoms with Gasteiger partial charge in [0.15, 0.2) is 0 Å². The number of anilines is 1. The van der Waals surface area contributed by atoms with E-state index in [1.807, 2.05) is 0 Å². The van der Waals surface area contributed by atoms with E-state index < -0.39 is 11.9 Å². The van der Waals surface area contributed by atoms with E-state index in [0.717, 1.165) is 6.07 Å². The number of aromatic nitrogens is 2. The van der Waals surface area contributed by atoms with Crippen LogP contribution in [0.4, 0.5) is 10.2 Å². The number of rotatable bonds is 2. The van der Waals surface area contributed by atoms with Crippen molar-refractivity contribution in [2.45, 2.75) is 0 Å². The average Bonchev–Trinajstić information content (AvgIpc) is 2.30. The number of halogens is 1. The largest absolute Gasteiger partial charge is 0.307 e. The third-order valence-corrected chi connectivity index (χ3v) is 1.90. The molecule has 0 saturated heterocycles. The minimum absolute atomic E-state index is 0.207. The number of hydrogen-bond donors (Lipinski definition) is 1. The van der Waals surface area contributed by atoms with Crippen LogP contribution in [0.25, 0.3) is 0 Å². The molecule has 0 atom stereocenters. The summed E-state index contributed by atoms with van der Waals surface area (Å²) in [6.45, 7) is 0. The van der Waals surface area contributed by atoms with E-state index >= 15 is 0 Å². The van der Waals surface area contributed by atoms with Crippen molar-refractivity contribution < 1.29 is 9.18 Å². The molecule has 2 rings (SSSR count). The Balaban J connectivity index is 2.15. The molecule has 0 spiro atoms. The molecule has 2 aromatic rings. The molecule has 0 saturated carbocycles. The van der Waals surface area contributed by atoms with E-state index in [0.29, 0.717) is 5.82 Å². The number of carbonyl (C=O) groups excluding carboxylic acids is 1. The summed E-state index contributed by atoms with van der Waals surface area (Å²) in [5, 5.41) is 2.54. The summed E-state index contributed by atoms with van der Waals surface area (Å²) in [6.07, 6.45) is 2.80. The number of amides is 1. The average molecular weight is 217 g/mol. The Morgan fingerprint density at radius 2 is 2.06 bits per heavy atom. The first-order valence-corrected chi connectivity index (χ1v) is 4.59. The van der Waals surface area contributed by atoms with Gasteiger partial charge in [0.2, 0.25) is 5.95 Å². The highest BCUT2D eigenvalue weighted by Crippen LogP contribution is 2.05. The lowest BCUT2D eigenvalue weighted by Gasteiger charge is -2.03. The maximum atomic E-state index is 12.8. The van der Waals surface area contributed by atoms with Gasteiger partial charge in [-0.15, -0.1) is 0 Å². The molecule has 1 N–H and O–H groups in total. The Morgan fingerprint density at radius 3 is 2.75 bits per heavy atom. The van der Waals surface area contributed by atoms with E-state index in [1.165, 1.54) is 12.3 Å². The summed E-state index contributed by atoms with van der Waals surface area (Å²) >= 11 is 0. The van der Waals surface area contributed by atoms with Crippen molar-refractivity contribution in [3.05, 3.63) is 54.2 Å². The van der Waals surface area contributed by atoms with Crippen LogP contribution in [0.3, 0.4) is 0 Å². The normalized spacial score (nSPS) is 9.81. The molecular weight excluding hydrogens is 209 g/mol. The molecule has 4 nitrogen and oxygen atoms in total. The lowest BCUT2D eigenvalue weighted by atomic mass is 10.2. The van der Waals surface area contributed by atoms with Crippen LogP contribution in [-0.4, -0.2) is 15.9 Å². The summed E-state index contributed by atoms with van der Waals surface area (Å²) < 4.78 is 12.8. The summed E-state index contributed by atoms with van der Waals surface area (Å²) in [4.78, 5) is 18.9. The van der Waals surface area contributed by atoms with Crippen molar-refractivity contribution in [1.82, 2.24) is 9.97 Å². The SMILES string of the molecule is O=C(Nc1ccccn1)c1ccnc(F)c1. The van der Waals surface area contributed by atoms with Gasteiger partial charge in [-0.1, -0.05) is 6.07 Å². The van der Waals surface area contributed by atoms with Gasteiger partial charge >= 0.3 is 0 Å². The molecule has 0 aliphatic carbocycles. The molecule has 80 valence electrons. The van der Waals surface area contributed by atoms with E-state index in [-0.39, 0.29) is 5.56 Å². The van der Waals surface area contributed by atoms with Crippen LogP contribution in [0.1, 0.15) is 10.4 Å². The number of nitrogens with zero attached hydrogens (tertiary/aromatic N) is 2. The fraction of sp³-hybridized carbons (Fsp3) is 0. The molecule has 0 bridgehead atoms. The number of carbonyl (C=O) groups is 1. The van der Waals surface area contributed by atoms with Gasteiger partial charge in [-0.25, -0.2) is 9.97 Å². The highest BCUT2D eigenvalue weighted by Gasteiger charge is 2.07. The number of hydrogen-bond acceptors (Lipinski definition) is 3. The molecule has 0 radical (unpaired) electrons. The predicted octanol–water partition coefficient (Wildman–Crippen LogP) is 1.87. The maximum Gasteiger partial charge on any atom is 0.257 e. The Labute approximate surface area is 91.2 Å². The molecule has 0 unspecified atom stereocenters. The second-order valence-electron chi connectivity index (χ2n) is 3.04. The van der Waals surface area contributed by atoms with E-state index in [4.69, 9.17) is 0 Å². The Morgan fingerprint density at radius 1 is 1.19 bits per heavy atom. The van der Waals surface area contributed by atoms with Crippen LogP contribution in [0.15, 0.2) is 42.7 Å². The number of nitrogens with one attached hydrogen (secondary N) is 1. The lowest BCUT2D eigenvalue weighted by molar-refractivity contribution is 0.102. The smallest absolute Gasteiger partial charge is 0.257 e. The van der Waals surface area contributed by atoms with Gasteiger partial charge in [0, 0.05) is 24.0 Å². The van der Waals surface area contributed by atoms with Crippen LogP contribution in [-0.2, 0) is 0 Å². The van der Waals surface area contributed by atoms with Gasteiger partial charge in [0.1, 0.15) is 5.82 Å². The zero-order valence-electron chi connectivity index (χ0n) is 8.22. The molecule has 1 amide bonds. The molecule has 2 heterocycles. The quantitative estimate of drug-likeness (QED) is 0.781. The van der Waals surface area contributed by atoms with Gasteiger partial charge in [0.25, 0.3) is 5.91 Å². The van der Waals surface area contributed by atoms with Crippen molar-refractivity contribution in [3.8, 4) is 0 Å². The van der Waals surface area contributed by atoms with Crippen molar-refractivity contribution in [1.29, 1.82) is 0 Å². The summed E-state index contributed by atoms with van der Waals surface area (Å²) in [6, 6.07) is 7.63.